The Morgan fingerprint density at radius 2 is 1.90 bits per heavy atom. The first-order valence-electron chi connectivity index (χ1n) is 9.81. The number of nitrogens with zero attached hydrogens (tertiary/aromatic N) is 2. The number of thiophene rings is 1. The Morgan fingerprint density at radius 3 is 2.71 bits per heavy atom. The number of rotatable bonds is 6. The molecule has 0 spiro atoms. The minimum Gasteiger partial charge on any atom is -0.478 e. The van der Waals surface area contributed by atoms with Gasteiger partial charge in [-0.15, -0.1) is 11.3 Å². The van der Waals surface area contributed by atoms with E-state index in [0.717, 1.165) is 50.0 Å². The monoisotopic (exact) mass is 433 g/mol. The van der Waals surface area contributed by atoms with Crippen LogP contribution in [-0.4, -0.2) is 34.4 Å². The Balaban J connectivity index is 1.40. The van der Waals surface area contributed by atoms with Crippen molar-refractivity contribution in [2.45, 2.75) is 13.3 Å². The standard InChI is InChI=1S/C23H19N3O4S/c1-13-10-17-21(24-9-8-14-2-7-18-19(11-14)30-12-29-18)25-20(26-22(17)31-13)15-3-5-16(6-4-15)23(27)28/h2-7,10-11H,8-9,12H2,1H3,(H,27,28)(H,24,25,26). The largest absolute Gasteiger partial charge is 0.478 e. The summed E-state index contributed by atoms with van der Waals surface area (Å²) in [6.07, 6.45) is 0.800. The van der Waals surface area contributed by atoms with Crippen LogP contribution in [0, 0.1) is 6.92 Å². The van der Waals surface area contributed by atoms with Crippen molar-refractivity contribution in [1.82, 2.24) is 9.97 Å². The van der Waals surface area contributed by atoms with Gasteiger partial charge >= 0.3 is 5.97 Å². The Hall–Kier alpha value is -3.65. The van der Waals surface area contributed by atoms with E-state index in [1.807, 2.05) is 25.1 Å². The van der Waals surface area contributed by atoms with Gasteiger partial charge in [-0.3, -0.25) is 0 Å². The van der Waals surface area contributed by atoms with Crippen molar-refractivity contribution in [2.24, 2.45) is 0 Å². The first kappa shape index (κ1) is 19.3. The Kier molecular flexibility index (Phi) is 4.91. The molecule has 4 aromatic rings. The minimum atomic E-state index is -0.956. The van der Waals surface area contributed by atoms with E-state index in [9.17, 15) is 4.79 Å². The number of fused-ring (bicyclic) bond motifs is 2. The zero-order chi connectivity index (χ0) is 21.4. The molecule has 1 aliphatic heterocycles. The number of aryl methyl sites for hydroxylation is 1. The van der Waals surface area contributed by atoms with Gasteiger partial charge in [-0.05, 0) is 49.2 Å². The minimum absolute atomic E-state index is 0.235. The molecule has 0 saturated heterocycles. The van der Waals surface area contributed by atoms with Crippen LogP contribution in [0.5, 0.6) is 11.5 Å². The van der Waals surface area contributed by atoms with E-state index < -0.39 is 5.97 Å². The van der Waals surface area contributed by atoms with Gasteiger partial charge in [0.15, 0.2) is 17.3 Å². The van der Waals surface area contributed by atoms with E-state index in [1.54, 1.807) is 35.6 Å². The number of nitrogens with one attached hydrogen (secondary N) is 1. The molecule has 2 aromatic heterocycles. The molecule has 7 nitrogen and oxygen atoms in total. The number of benzene rings is 2. The van der Waals surface area contributed by atoms with Gasteiger partial charge in [0.25, 0.3) is 0 Å². The van der Waals surface area contributed by atoms with Gasteiger partial charge in [0.05, 0.1) is 10.9 Å². The summed E-state index contributed by atoms with van der Waals surface area (Å²) in [5.74, 6) is 1.94. The highest BCUT2D eigenvalue weighted by molar-refractivity contribution is 7.18. The molecule has 0 saturated carbocycles. The van der Waals surface area contributed by atoms with Crippen LogP contribution in [0.1, 0.15) is 20.8 Å². The summed E-state index contributed by atoms with van der Waals surface area (Å²) in [5.41, 5.74) is 2.16. The molecule has 156 valence electrons. The second-order valence-corrected chi connectivity index (χ2v) is 8.45. The van der Waals surface area contributed by atoms with Gasteiger partial charge in [0.2, 0.25) is 6.79 Å². The number of carbonyl (C=O) groups is 1. The molecule has 3 heterocycles. The van der Waals surface area contributed by atoms with Crippen LogP contribution in [0.25, 0.3) is 21.6 Å². The molecule has 31 heavy (non-hydrogen) atoms. The Morgan fingerprint density at radius 1 is 1.10 bits per heavy atom. The molecule has 0 atom stereocenters. The van der Waals surface area contributed by atoms with Gasteiger partial charge in [-0.25, -0.2) is 14.8 Å². The topological polar surface area (TPSA) is 93.6 Å². The maximum Gasteiger partial charge on any atom is 0.335 e. The van der Waals surface area contributed by atoms with E-state index >= 15 is 0 Å². The number of ether oxygens (including phenoxy) is 2. The van der Waals surface area contributed by atoms with Crippen molar-refractivity contribution in [2.75, 3.05) is 18.7 Å². The van der Waals surface area contributed by atoms with E-state index in [4.69, 9.17) is 24.5 Å². The molecule has 0 amide bonds. The SMILES string of the molecule is Cc1cc2c(NCCc3ccc4c(c3)OCO4)nc(-c3ccc(C(=O)O)cc3)nc2s1. The van der Waals surface area contributed by atoms with Crippen molar-refractivity contribution in [3.05, 3.63) is 64.5 Å². The summed E-state index contributed by atoms with van der Waals surface area (Å²) in [6.45, 7) is 3.01. The third-order valence-corrected chi connectivity index (χ3v) is 5.99. The Labute approximate surface area is 182 Å². The highest BCUT2D eigenvalue weighted by Crippen LogP contribution is 2.33. The maximum absolute atomic E-state index is 11.1. The van der Waals surface area contributed by atoms with Gasteiger partial charge < -0.3 is 19.9 Å². The van der Waals surface area contributed by atoms with Gasteiger partial charge in [-0.1, -0.05) is 18.2 Å². The lowest BCUT2D eigenvalue weighted by molar-refractivity contribution is 0.0697. The number of hydrogen-bond acceptors (Lipinski definition) is 7. The molecule has 5 rings (SSSR count). The zero-order valence-corrected chi connectivity index (χ0v) is 17.5. The summed E-state index contributed by atoms with van der Waals surface area (Å²) < 4.78 is 10.8. The van der Waals surface area contributed by atoms with Gasteiger partial charge in [0, 0.05) is 17.0 Å². The van der Waals surface area contributed by atoms with Crippen LogP contribution in [-0.2, 0) is 6.42 Å². The fourth-order valence-electron chi connectivity index (χ4n) is 3.49. The molecule has 0 fully saturated rings. The third-order valence-electron chi connectivity index (χ3n) is 5.05. The number of aromatic nitrogens is 2. The highest BCUT2D eigenvalue weighted by atomic mass is 32.1. The molecule has 1 aliphatic rings. The average molecular weight is 433 g/mol. The van der Waals surface area contributed by atoms with Crippen LogP contribution < -0.4 is 14.8 Å². The van der Waals surface area contributed by atoms with Crippen molar-refractivity contribution < 1.29 is 19.4 Å². The quantitative estimate of drug-likeness (QED) is 0.453. The number of carboxylic acids is 1. The van der Waals surface area contributed by atoms with Crippen LogP contribution in [0.2, 0.25) is 0 Å². The fourth-order valence-corrected chi connectivity index (χ4v) is 4.37. The predicted octanol–water partition coefficient (Wildman–Crippen LogP) is 4.75. The zero-order valence-electron chi connectivity index (χ0n) is 16.7. The molecule has 0 radical (unpaired) electrons. The van der Waals surface area contributed by atoms with Crippen molar-refractivity contribution in [3.63, 3.8) is 0 Å². The van der Waals surface area contributed by atoms with Crippen LogP contribution in [0.3, 0.4) is 0 Å². The number of aromatic carboxylic acids is 1. The lowest BCUT2D eigenvalue weighted by Crippen LogP contribution is -2.07. The second-order valence-electron chi connectivity index (χ2n) is 7.22. The lowest BCUT2D eigenvalue weighted by atomic mass is 10.1. The summed E-state index contributed by atoms with van der Waals surface area (Å²) in [7, 11) is 0. The molecular weight excluding hydrogens is 414 g/mol. The molecule has 0 bridgehead atoms. The van der Waals surface area contributed by atoms with Gasteiger partial charge in [-0.2, -0.15) is 0 Å². The van der Waals surface area contributed by atoms with Crippen molar-refractivity contribution in [1.29, 1.82) is 0 Å². The third kappa shape index (κ3) is 3.89. The second kappa shape index (κ2) is 7.88. The number of hydrogen-bond donors (Lipinski definition) is 2. The van der Waals surface area contributed by atoms with Crippen LogP contribution in [0.15, 0.2) is 48.5 Å². The highest BCUT2D eigenvalue weighted by Gasteiger charge is 2.15. The van der Waals surface area contributed by atoms with E-state index in [-0.39, 0.29) is 12.4 Å². The van der Waals surface area contributed by atoms with Crippen LogP contribution in [0.4, 0.5) is 5.82 Å². The molecule has 0 aliphatic carbocycles. The summed E-state index contributed by atoms with van der Waals surface area (Å²) in [4.78, 5) is 22.6. The molecular formula is C23H19N3O4S. The molecule has 0 unspecified atom stereocenters. The number of anilines is 1. The van der Waals surface area contributed by atoms with Crippen LogP contribution >= 0.6 is 11.3 Å². The Bertz CT molecular complexity index is 1280. The average Bonchev–Trinajstić information content (AvgIpc) is 3.38. The number of carboxylic acid groups (broad SMARTS) is 1. The van der Waals surface area contributed by atoms with E-state index in [2.05, 4.69) is 11.4 Å². The molecule has 2 aromatic carbocycles. The first-order chi connectivity index (χ1) is 15.1. The first-order valence-corrected chi connectivity index (χ1v) is 10.6. The normalized spacial score (nSPS) is 12.3. The fraction of sp³-hybridized carbons (Fsp3) is 0.174. The predicted molar refractivity (Wildman–Crippen MR) is 119 cm³/mol. The lowest BCUT2D eigenvalue weighted by Gasteiger charge is -2.10. The molecule has 8 heteroatoms. The van der Waals surface area contributed by atoms with E-state index in [0.29, 0.717) is 12.4 Å². The smallest absolute Gasteiger partial charge is 0.335 e. The molecule has 2 N–H and O–H groups in total. The van der Waals surface area contributed by atoms with Crippen molar-refractivity contribution in [3.8, 4) is 22.9 Å². The van der Waals surface area contributed by atoms with Gasteiger partial charge in [0.1, 0.15) is 10.6 Å². The van der Waals surface area contributed by atoms with Crippen molar-refractivity contribution >= 4 is 33.3 Å². The van der Waals surface area contributed by atoms with E-state index in [1.165, 1.54) is 0 Å². The summed E-state index contributed by atoms with van der Waals surface area (Å²) in [6, 6.07) is 14.7. The summed E-state index contributed by atoms with van der Waals surface area (Å²) >= 11 is 1.61. The maximum atomic E-state index is 11.1. The summed E-state index contributed by atoms with van der Waals surface area (Å²) in [5, 5.41) is 13.6.